The highest BCUT2D eigenvalue weighted by Crippen LogP contribution is 2.47. The van der Waals surface area contributed by atoms with Gasteiger partial charge in [-0.1, -0.05) is 36.4 Å². The smallest absolute Gasteiger partial charge is 0.228 e. The Kier molecular flexibility index (Phi) is 4.02. The number of hydrazine groups is 1. The Morgan fingerprint density at radius 3 is 2.76 bits per heavy atom. The van der Waals surface area contributed by atoms with Gasteiger partial charge in [-0.25, -0.2) is 0 Å². The van der Waals surface area contributed by atoms with Crippen molar-refractivity contribution in [3.8, 4) is 0 Å². The second kappa shape index (κ2) is 6.48. The van der Waals surface area contributed by atoms with E-state index in [9.17, 15) is 4.79 Å². The van der Waals surface area contributed by atoms with Crippen LogP contribution in [0.2, 0.25) is 0 Å². The van der Waals surface area contributed by atoms with E-state index in [2.05, 4.69) is 35.2 Å². The van der Waals surface area contributed by atoms with Crippen LogP contribution in [-0.2, 0) is 4.79 Å². The molecule has 1 saturated carbocycles. The maximum atomic E-state index is 12.6. The van der Waals surface area contributed by atoms with Crippen LogP contribution in [0.15, 0.2) is 66.9 Å². The lowest BCUT2D eigenvalue weighted by molar-refractivity contribution is -0.117. The van der Waals surface area contributed by atoms with Crippen molar-refractivity contribution in [1.82, 2.24) is 10.9 Å². The molecule has 0 spiro atoms. The van der Waals surface area contributed by atoms with Crippen molar-refractivity contribution in [1.29, 1.82) is 0 Å². The van der Waals surface area contributed by atoms with Crippen molar-refractivity contribution < 1.29 is 4.79 Å². The summed E-state index contributed by atoms with van der Waals surface area (Å²) in [5.74, 6) is 0.527. The molecule has 2 atom stereocenters. The molecular weight excluding hydrogens is 310 g/mol. The van der Waals surface area contributed by atoms with E-state index >= 15 is 0 Å². The number of anilines is 1. The molecule has 4 heteroatoms. The SMILES string of the molecule is Cc1ccc(NC(=O)[C@@H]2CC2c2ccccc2)cc1C1=CC=CNN1. The number of hydrogen-bond acceptors (Lipinski definition) is 3. The highest BCUT2D eigenvalue weighted by molar-refractivity contribution is 5.95. The largest absolute Gasteiger partial charge is 0.326 e. The van der Waals surface area contributed by atoms with E-state index in [-0.39, 0.29) is 11.8 Å². The predicted octanol–water partition coefficient (Wildman–Crippen LogP) is 3.70. The summed E-state index contributed by atoms with van der Waals surface area (Å²) in [6.45, 7) is 2.06. The van der Waals surface area contributed by atoms with E-state index in [0.29, 0.717) is 5.92 Å². The molecule has 1 heterocycles. The number of nitrogens with one attached hydrogen (secondary N) is 3. The molecule has 2 aromatic carbocycles. The summed E-state index contributed by atoms with van der Waals surface area (Å²) in [5.41, 5.74) is 11.4. The maximum Gasteiger partial charge on any atom is 0.228 e. The van der Waals surface area contributed by atoms with Crippen LogP contribution >= 0.6 is 0 Å². The van der Waals surface area contributed by atoms with Crippen molar-refractivity contribution in [2.45, 2.75) is 19.3 Å². The predicted molar refractivity (Wildman–Crippen MR) is 100 cm³/mol. The zero-order valence-electron chi connectivity index (χ0n) is 14.1. The number of aryl methyl sites for hydroxylation is 1. The van der Waals surface area contributed by atoms with Crippen molar-refractivity contribution in [2.75, 3.05) is 5.32 Å². The molecule has 4 rings (SSSR count). The number of allylic oxidation sites excluding steroid dienone is 2. The monoisotopic (exact) mass is 331 g/mol. The first-order valence-electron chi connectivity index (χ1n) is 8.57. The van der Waals surface area contributed by atoms with Crippen LogP contribution in [0.3, 0.4) is 0 Å². The minimum atomic E-state index is 0.0729. The number of benzene rings is 2. The van der Waals surface area contributed by atoms with Crippen LogP contribution in [0.4, 0.5) is 5.69 Å². The lowest BCUT2D eigenvalue weighted by atomic mass is 10.0. The fourth-order valence-corrected chi connectivity index (χ4v) is 3.29. The Balaban J connectivity index is 1.47. The Labute approximate surface area is 147 Å². The molecule has 1 amide bonds. The maximum absolute atomic E-state index is 12.6. The van der Waals surface area contributed by atoms with Gasteiger partial charge in [-0.05, 0) is 54.7 Å². The van der Waals surface area contributed by atoms with Gasteiger partial charge >= 0.3 is 0 Å². The van der Waals surface area contributed by atoms with Gasteiger partial charge < -0.3 is 16.2 Å². The van der Waals surface area contributed by atoms with Crippen molar-refractivity contribution in [3.63, 3.8) is 0 Å². The summed E-state index contributed by atoms with van der Waals surface area (Å²) in [6.07, 6.45) is 6.72. The molecule has 2 aliphatic rings. The molecule has 25 heavy (non-hydrogen) atoms. The molecule has 1 aliphatic heterocycles. The number of carbonyl (C=O) groups is 1. The van der Waals surface area contributed by atoms with Crippen LogP contribution in [-0.4, -0.2) is 5.91 Å². The van der Waals surface area contributed by atoms with E-state index in [1.54, 1.807) is 0 Å². The van der Waals surface area contributed by atoms with E-state index in [1.807, 2.05) is 54.8 Å². The molecule has 3 N–H and O–H groups in total. The molecule has 4 nitrogen and oxygen atoms in total. The molecule has 1 fully saturated rings. The number of carbonyl (C=O) groups excluding carboxylic acids is 1. The first kappa shape index (κ1) is 15.5. The highest BCUT2D eigenvalue weighted by Gasteiger charge is 2.43. The van der Waals surface area contributed by atoms with Crippen molar-refractivity contribution >= 4 is 17.3 Å². The summed E-state index contributed by atoms with van der Waals surface area (Å²) in [4.78, 5) is 12.6. The molecule has 2 aromatic rings. The van der Waals surface area contributed by atoms with Crippen molar-refractivity contribution in [2.24, 2.45) is 5.92 Å². The second-order valence-corrected chi connectivity index (χ2v) is 6.59. The van der Waals surface area contributed by atoms with Gasteiger partial charge in [0.25, 0.3) is 0 Å². The van der Waals surface area contributed by atoms with E-state index in [0.717, 1.165) is 28.9 Å². The molecule has 1 unspecified atom stereocenters. The summed E-state index contributed by atoms with van der Waals surface area (Å²) in [7, 11) is 0. The topological polar surface area (TPSA) is 53.2 Å². The first-order valence-corrected chi connectivity index (χ1v) is 8.57. The number of rotatable bonds is 4. The quantitative estimate of drug-likeness (QED) is 0.801. The Hall–Kier alpha value is -3.01. The summed E-state index contributed by atoms with van der Waals surface area (Å²) < 4.78 is 0. The van der Waals surface area contributed by atoms with Gasteiger partial charge in [0.1, 0.15) is 0 Å². The zero-order valence-corrected chi connectivity index (χ0v) is 14.1. The number of hydrogen-bond donors (Lipinski definition) is 3. The molecule has 0 aromatic heterocycles. The third-order valence-electron chi connectivity index (χ3n) is 4.80. The average Bonchev–Trinajstić information content (AvgIpc) is 3.46. The third-order valence-corrected chi connectivity index (χ3v) is 4.80. The van der Waals surface area contributed by atoms with Crippen LogP contribution in [0, 0.1) is 12.8 Å². The van der Waals surface area contributed by atoms with E-state index < -0.39 is 0 Å². The van der Waals surface area contributed by atoms with Gasteiger partial charge in [-0.15, -0.1) is 0 Å². The van der Waals surface area contributed by atoms with Gasteiger partial charge in [0.15, 0.2) is 0 Å². The Morgan fingerprint density at radius 2 is 2.00 bits per heavy atom. The van der Waals surface area contributed by atoms with Gasteiger partial charge in [0.05, 0.1) is 5.70 Å². The van der Waals surface area contributed by atoms with Gasteiger partial charge in [-0.3, -0.25) is 4.79 Å². The Bertz CT molecular complexity index is 855. The standard InChI is InChI=1S/C21H21N3O/c1-14-9-10-16(12-17(14)20-8-5-11-22-24-20)23-21(25)19-13-18(19)15-6-3-2-4-7-15/h2-12,18-19,22,24H,13H2,1H3,(H,23,25)/t18?,19-/m1/s1. The fraction of sp³-hybridized carbons (Fsp3) is 0.190. The lowest BCUT2D eigenvalue weighted by Crippen LogP contribution is -2.27. The molecule has 0 saturated heterocycles. The van der Waals surface area contributed by atoms with Gasteiger partial charge in [0, 0.05) is 23.4 Å². The molecule has 0 radical (unpaired) electrons. The minimum Gasteiger partial charge on any atom is -0.326 e. The van der Waals surface area contributed by atoms with Crippen LogP contribution in [0.1, 0.15) is 29.0 Å². The van der Waals surface area contributed by atoms with Crippen molar-refractivity contribution in [3.05, 3.63) is 83.6 Å². The van der Waals surface area contributed by atoms with Crippen LogP contribution in [0.25, 0.3) is 5.70 Å². The van der Waals surface area contributed by atoms with Crippen LogP contribution in [0.5, 0.6) is 0 Å². The highest BCUT2D eigenvalue weighted by atomic mass is 16.2. The molecule has 0 bridgehead atoms. The Morgan fingerprint density at radius 1 is 1.16 bits per heavy atom. The number of amides is 1. The second-order valence-electron chi connectivity index (χ2n) is 6.59. The van der Waals surface area contributed by atoms with E-state index in [4.69, 9.17) is 0 Å². The molecule has 126 valence electrons. The average molecular weight is 331 g/mol. The summed E-state index contributed by atoms with van der Waals surface area (Å²) in [5, 5.41) is 3.08. The van der Waals surface area contributed by atoms with Gasteiger partial charge in [0.2, 0.25) is 5.91 Å². The summed E-state index contributed by atoms with van der Waals surface area (Å²) in [6, 6.07) is 16.3. The summed E-state index contributed by atoms with van der Waals surface area (Å²) >= 11 is 0. The van der Waals surface area contributed by atoms with E-state index in [1.165, 1.54) is 5.56 Å². The third kappa shape index (κ3) is 3.29. The first-order chi connectivity index (χ1) is 12.2. The minimum absolute atomic E-state index is 0.0729. The fourth-order valence-electron chi connectivity index (χ4n) is 3.29. The molecule has 1 aliphatic carbocycles. The normalized spacial score (nSPS) is 20.9. The van der Waals surface area contributed by atoms with Gasteiger partial charge in [-0.2, -0.15) is 0 Å². The molecular formula is C21H21N3O. The van der Waals surface area contributed by atoms with Crippen LogP contribution < -0.4 is 16.2 Å². The lowest BCUT2D eigenvalue weighted by Gasteiger charge is -2.17. The zero-order chi connectivity index (χ0) is 17.2.